The maximum absolute atomic E-state index is 14.9. The molecule has 194 valence electrons. The van der Waals surface area contributed by atoms with E-state index in [1.807, 2.05) is 20.8 Å². The fraction of sp³-hybridized carbons (Fsp3) is 0.500. The summed E-state index contributed by atoms with van der Waals surface area (Å²) in [6.07, 6.45) is -4.95. The number of carbonyl (C=O) groups excluding carboxylic acids is 1. The van der Waals surface area contributed by atoms with Crippen molar-refractivity contribution in [2.24, 2.45) is 5.41 Å². The molecule has 1 saturated heterocycles. The van der Waals surface area contributed by atoms with E-state index < -0.39 is 24.0 Å². The standard InChI is InChI=1S/C24H28BF4N3O4/c1-14-11-18(30-21(26)20(14)31-19(33)12-22(2,3)4)32-10-9-17(35-13-23(32,25)34)15-5-7-16(8-6-15)36-24(27,28)29/h5-8,11,17,34H,9-10,12-13H2,1-4H3,(H,31,33). The molecule has 0 saturated carbocycles. The van der Waals surface area contributed by atoms with Gasteiger partial charge in [0, 0.05) is 13.0 Å². The van der Waals surface area contributed by atoms with Crippen molar-refractivity contribution in [1.82, 2.24) is 4.98 Å². The molecule has 2 atom stereocenters. The SMILES string of the molecule is [B]C1(O)COC(c2ccc(OC(F)(F)F)cc2)CCN1c1cc(C)c(NC(=O)CC(C)(C)C)c(F)n1. The number of carbonyl (C=O) groups is 1. The number of nitrogens with one attached hydrogen (secondary N) is 1. The number of hydrogen-bond acceptors (Lipinski definition) is 6. The average Bonchev–Trinajstić information content (AvgIpc) is 2.87. The Labute approximate surface area is 208 Å². The molecule has 1 aromatic heterocycles. The van der Waals surface area contributed by atoms with E-state index in [1.54, 1.807) is 6.92 Å². The van der Waals surface area contributed by atoms with Gasteiger partial charge >= 0.3 is 6.36 Å². The number of ether oxygens (including phenoxy) is 2. The lowest BCUT2D eigenvalue weighted by Crippen LogP contribution is -2.52. The highest BCUT2D eigenvalue weighted by molar-refractivity contribution is 6.16. The molecule has 7 nitrogen and oxygen atoms in total. The number of anilines is 2. The zero-order chi connectivity index (χ0) is 26.9. The number of alkyl halides is 3. The van der Waals surface area contributed by atoms with Gasteiger partial charge < -0.3 is 24.8 Å². The summed E-state index contributed by atoms with van der Waals surface area (Å²) < 4.78 is 61.7. The van der Waals surface area contributed by atoms with Crippen LogP contribution in [0.5, 0.6) is 5.75 Å². The highest BCUT2D eigenvalue weighted by Gasteiger charge is 2.36. The van der Waals surface area contributed by atoms with Gasteiger partial charge in [-0.2, -0.15) is 4.39 Å². The van der Waals surface area contributed by atoms with Gasteiger partial charge in [-0.15, -0.1) is 13.2 Å². The average molecular weight is 509 g/mol. The minimum atomic E-state index is -4.80. The zero-order valence-electron chi connectivity index (χ0n) is 20.4. The fourth-order valence-electron chi connectivity index (χ4n) is 3.86. The van der Waals surface area contributed by atoms with E-state index in [1.165, 1.54) is 23.1 Å². The largest absolute Gasteiger partial charge is 0.573 e. The summed E-state index contributed by atoms with van der Waals surface area (Å²) in [5.74, 6) is -1.61. The second kappa shape index (κ2) is 10.3. The Balaban J connectivity index is 1.77. The molecule has 2 aromatic rings. The zero-order valence-corrected chi connectivity index (χ0v) is 20.4. The molecule has 0 bridgehead atoms. The second-order valence-corrected chi connectivity index (χ2v) is 9.98. The van der Waals surface area contributed by atoms with Crippen molar-refractivity contribution in [3.05, 3.63) is 47.4 Å². The third kappa shape index (κ3) is 7.33. The van der Waals surface area contributed by atoms with Gasteiger partial charge in [-0.1, -0.05) is 32.9 Å². The van der Waals surface area contributed by atoms with Crippen molar-refractivity contribution in [2.75, 3.05) is 23.4 Å². The van der Waals surface area contributed by atoms with E-state index in [-0.39, 0.29) is 54.6 Å². The van der Waals surface area contributed by atoms with Gasteiger partial charge in [0.05, 0.1) is 18.4 Å². The quantitative estimate of drug-likeness (QED) is 0.349. The van der Waals surface area contributed by atoms with Crippen LogP contribution in [0.3, 0.4) is 0 Å². The van der Waals surface area contributed by atoms with Crippen LogP contribution in [0, 0.1) is 18.3 Å². The van der Waals surface area contributed by atoms with Crippen LogP contribution in [0.25, 0.3) is 0 Å². The Morgan fingerprint density at radius 1 is 1.31 bits per heavy atom. The van der Waals surface area contributed by atoms with Gasteiger partial charge in [0.25, 0.3) is 0 Å². The van der Waals surface area contributed by atoms with E-state index in [4.69, 9.17) is 12.6 Å². The van der Waals surface area contributed by atoms with Gasteiger partial charge in [0.15, 0.2) is 0 Å². The molecule has 1 aliphatic rings. The van der Waals surface area contributed by atoms with Crippen LogP contribution in [0.1, 0.15) is 50.8 Å². The first-order valence-electron chi connectivity index (χ1n) is 11.3. The molecule has 1 amide bonds. The highest BCUT2D eigenvalue weighted by atomic mass is 19.4. The van der Waals surface area contributed by atoms with Crippen molar-refractivity contribution < 1.29 is 36.9 Å². The van der Waals surface area contributed by atoms with Crippen molar-refractivity contribution in [2.45, 2.75) is 58.6 Å². The molecular formula is C24H28BF4N3O4. The summed E-state index contributed by atoms with van der Waals surface area (Å²) in [5.41, 5.74) is -1.45. The maximum atomic E-state index is 14.9. The van der Waals surface area contributed by atoms with Crippen LogP contribution in [-0.2, 0) is 9.53 Å². The van der Waals surface area contributed by atoms with Gasteiger partial charge in [-0.3, -0.25) is 4.79 Å². The Morgan fingerprint density at radius 2 is 1.94 bits per heavy atom. The fourth-order valence-corrected chi connectivity index (χ4v) is 3.86. The van der Waals surface area contributed by atoms with E-state index in [0.29, 0.717) is 11.1 Å². The number of nitrogens with zero attached hydrogens (tertiary/aromatic N) is 2. The Kier molecular flexibility index (Phi) is 7.90. The highest BCUT2D eigenvalue weighted by Crippen LogP contribution is 2.34. The minimum absolute atomic E-state index is 0.0435. The van der Waals surface area contributed by atoms with Crippen LogP contribution in [0.15, 0.2) is 30.3 Å². The summed E-state index contributed by atoms with van der Waals surface area (Å²) in [6, 6.07) is 6.67. The first kappa shape index (κ1) is 27.7. The normalized spacial score (nSPS) is 21.1. The smallest absolute Gasteiger partial charge is 0.406 e. The van der Waals surface area contributed by atoms with E-state index in [2.05, 4.69) is 15.0 Å². The minimum Gasteiger partial charge on any atom is -0.406 e. The number of amides is 1. The number of rotatable bonds is 5. The monoisotopic (exact) mass is 509 g/mol. The van der Waals surface area contributed by atoms with Crippen LogP contribution in [0.2, 0.25) is 0 Å². The number of aryl methyl sites for hydroxylation is 1. The predicted molar refractivity (Wildman–Crippen MR) is 126 cm³/mol. The molecule has 12 heteroatoms. The van der Waals surface area contributed by atoms with Crippen LogP contribution >= 0.6 is 0 Å². The van der Waals surface area contributed by atoms with E-state index in [0.717, 1.165) is 12.1 Å². The van der Waals surface area contributed by atoms with Gasteiger partial charge in [0.1, 0.15) is 25.0 Å². The van der Waals surface area contributed by atoms with Gasteiger partial charge in [-0.25, -0.2) is 4.98 Å². The molecule has 3 rings (SSSR count). The molecule has 1 aliphatic heterocycles. The Morgan fingerprint density at radius 3 is 2.50 bits per heavy atom. The Bertz CT molecular complexity index is 1070. The lowest BCUT2D eigenvalue weighted by Gasteiger charge is -2.36. The molecule has 1 aromatic carbocycles. The first-order valence-corrected chi connectivity index (χ1v) is 11.3. The Hall–Kier alpha value is -2.86. The molecule has 2 unspecified atom stereocenters. The number of pyridine rings is 1. The molecule has 0 spiro atoms. The first-order chi connectivity index (χ1) is 16.5. The van der Waals surface area contributed by atoms with Gasteiger partial charge in [-0.05, 0) is 48.1 Å². The molecule has 2 heterocycles. The molecule has 2 N–H and O–H groups in total. The summed E-state index contributed by atoms with van der Waals surface area (Å²) >= 11 is 0. The summed E-state index contributed by atoms with van der Waals surface area (Å²) in [4.78, 5) is 17.5. The third-order valence-corrected chi connectivity index (χ3v) is 5.46. The number of halogens is 4. The molecule has 0 aliphatic carbocycles. The molecule has 2 radical (unpaired) electrons. The molecular weight excluding hydrogens is 481 g/mol. The number of aromatic nitrogens is 1. The summed E-state index contributed by atoms with van der Waals surface area (Å²) in [5, 5.41) is 13.4. The summed E-state index contributed by atoms with van der Waals surface area (Å²) in [7, 11) is 6.06. The van der Waals surface area contributed by atoms with Crippen LogP contribution in [-0.4, -0.2) is 49.0 Å². The predicted octanol–water partition coefficient (Wildman–Crippen LogP) is 4.59. The lowest BCUT2D eigenvalue weighted by molar-refractivity contribution is -0.274. The summed E-state index contributed by atoms with van der Waals surface area (Å²) in [6.45, 7) is 6.97. The topological polar surface area (TPSA) is 83.9 Å². The molecule has 36 heavy (non-hydrogen) atoms. The number of hydrogen-bond donors (Lipinski definition) is 2. The third-order valence-electron chi connectivity index (χ3n) is 5.46. The molecule has 1 fully saturated rings. The van der Waals surface area contributed by atoms with Crippen molar-refractivity contribution in [3.8, 4) is 5.75 Å². The van der Waals surface area contributed by atoms with Crippen molar-refractivity contribution >= 4 is 25.3 Å². The van der Waals surface area contributed by atoms with Gasteiger partial charge in [0.2, 0.25) is 11.9 Å². The number of aliphatic hydroxyl groups is 1. The van der Waals surface area contributed by atoms with Crippen molar-refractivity contribution in [1.29, 1.82) is 0 Å². The lowest BCUT2D eigenvalue weighted by atomic mass is 9.89. The van der Waals surface area contributed by atoms with Crippen LogP contribution in [0.4, 0.5) is 29.1 Å². The van der Waals surface area contributed by atoms with Crippen molar-refractivity contribution in [3.63, 3.8) is 0 Å². The van der Waals surface area contributed by atoms with E-state index >= 15 is 0 Å². The second-order valence-electron chi connectivity index (χ2n) is 9.98. The van der Waals surface area contributed by atoms with E-state index in [9.17, 15) is 27.5 Å². The number of benzene rings is 1. The maximum Gasteiger partial charge on any atom is 0.573 e. The van der Waals surface area contributed by atoms with Crippen LogP contribution < -0.4 is 15.0 Å².